The topological polar surface area (TPSA) is 72.6 Å². The van der Waals surface area contributed by atoms with Gasteiger partial charge in [0.15, 0.2) is 0 Å². The minimum absolute atomic E-state index is 0.0847. The summed E-state index contributed by atoms with van der Waals surface area (Å²) in [5, 5.41) is 0.307. The van der Waals surface area contributed by atoms with E-state index in [1.54, 1.807) is 4.31 Å². The molecule has 2 N–H and O–H groups in total. The second-order valence-electron chi connectivity index (χ2n) is 5.78. The molecule has 6 heteroatoms. The first-order chi connectivity index (χ1) is 8.51. The Labute approximate surface area is 120 Å². The average Bonchev–Trinajstić information content (AvgIpc) is 2.12. The van der Waals surface area contributed by atoms with E-state index in [0.717, 1.165) is 0 Å². The number of hydrogen-bond donors (Lipinski definition) is 1. The first-order valence-electron chi connectivity index (χ1n) is 6.41. The smallest absolute Gasteiger partial charge is 0.321 e. The third-order valence-corrected chi connectivity index (χ3v) is 3.01. The number of ether oxygens (including phenoxy) is 1. The fourth-order valence-electron chi connectivity index (χ4n) is 1.31. The molecule has 0 saturated carbocycles. The number of nitrogens with zero attached hydrogens (tertiary/aromatic N) is 1. The molecule has 0 unspecified atom stereocenters. The van der Waals surface area contributed by atoms with Crippen LogP contribution < -0.4 is 5.73 Å². The molecule has 0 bridgehead atoms. The van der Waals surface area contributed by atoms with Crippen molar-refractivity contribution in [1.29, 1.82) is 0 Å². The Kier molecular flexibility index (Phi) is 7.62. The Balaban J connectivity index is 4.50. The van der Waals surface area contributed by atoms with Gasteiger partial charge in [-0.1, -0.05) is 25.8 Å². The van der Waals surface area contributed by atoms with Crippen LogP contribution >= 0.6 is 11.9 Å². The zero-order valence-corrected chi connectivity index (χ0v) is 13.5. The van der Waals surface area contributed by atoms with E-state index in [1.807, 2.05) is 34.6 Å². The number of nitrogens with two attached hydrogens (primary N) is 1. The van der Waals surface area contributed by atoms with Crippen molar-refractivity contribution in [3.8, 4) is 0 Å². The monoisotopic (exact) mass is 290 g/mol. The van der Waals surface area contributed by atoms with Gasteiger partial charge in [-0.25, -0.2) is 4.31 Å². The van der Waals surface area contributed by atoms with Crippen molar-refractivity contribution >= 4 is 23.7 Å². The predicted molar refractivity (Wildman–Crippen MR) is 78.8 cm³/mol. The summed E-state index contributed by atoms with van der Waals surface area (Å²) < 4.78 is 7.07. The number of carbonyl (C=O) groups excluding carboxylic acids is 2. The first kappa shape index (κ1) is 18.4. The van der Waals surface area contributed by atoms with Crippen LogP contribution in [-0.4, -0.2) is 46.0 Å². The van der Waals surface area contributed by atoms with Crippen LogP contribution in [0, 0.1) is 0 Å². The maximum atomic E-state index is 11.8. The van der Waals surface area contributed by atoms with E-state index in [1.165, 1.54) is 18.9 Å². The third-order valence-electron chi connectivity index (χ3n) is 2.01. The fourth-order valence-corrected chi connectivity index (χ4v) is 2.33. The molecule has 0 aliphatic carbocycles. The summed E-state index contributed by atoms with van der Waals surface area (Å²) in [7, 11) is 0. The third kappa shape index (κ3) is 9.92. The molecule has 1 atom stereocenters. The number of hydrogen-bond acceptors (Lipinski definition) is 6. The van der Waals surface area contributed by atoms with Gasteiger partial charge in [0, 0.05) is 11.8 Å². The van der Waals surface area contributed by atoms with E-state index in [0.29, 0.717) is 11.8 Å². The molecule has 0 heterocycles. The summed E-state index contributed by atoms with van der Waals surface area (Å²) in [6.45, 7) is 11.4. The van der Waals surface area contributed by atoms with Crippen molar-refractivity contribution in [2.75, 3.05) is 13.1 Å². The molecule has 19 heavy (non-hydrogen) atoms. The lowest BCUT2D eigenvalue weighted by molar-refractivity contribution is -0.155. The molecule has 0 saturated heterocycles. The lowest BCUT2D eigenvalue weighted by Gasteiger charge is -2.26. The van der Waals surface area contributed by atoms with Crippen LogP contribution in [0.25, 0.3) is 0 Å². The molecular formula is C13H26N2O3S. The number of ketones is 1. The van der Waals surface area contributed by atoms with Gasteiger partial charge in [-0.05, 0) is 27.7 Å². The Morgan fingerprint density at radius 1 is 1.32 bits per heavy atom. The minimum Gasteiger partial charge on any atom is -0.459 e. The molecule has 0 rings (SSSR count). The summed E-state index contributed by atoms with van der Waals surface area (Å²) >= 11 is 1.50. The standard InChI is InChI=1S/C13H26N2O3S/c1-9(2)19-15(7-11(14)10(3)16)8-12(17)18-13(4,5)6/h9,11H,7-8,14H2,1-6H3/t11-/m0/s1. The van der Waals surface area contributed by atoms with Crippen LogP contribution in [-0.2, 0) is 14.3 Å². The summed E-state index contributed by atoms with van der Waals surface area (Å²) in [5.74, 6) is -0.394. The van der Waals surface area contributed by atoms with Crippen molar-refractivity contribution < 1.29 is 14.3 Å². The van der Waals surface area contributed by atoms with E-state index < -0.39 is 11.6 Å². The highest BCUT2D eigenvalue weighted by molar-refractivity contribution is 7.97. The van der Waals surface area contributed by atoms with E-state index in [4.69, 9.17) is 10.5 Å². The molecule has 0 aliphatic heterocycles. The van der Waals surface area contributed by atoms with Crippen LogP contribution in [0.1, 0.15) is 41.5 Å². The number of Topliss-reactive ketones (excluding diaryl/α,β-unsaturated/α-hetero) is 1. The average molecular weight is 290 g/mol. The SMILES string of the molecule is CC(=O)[C@@H](N)CN(CC(=O)OC(C)(C)C)SC(C)C. The van der Waals surface area contributed by atoms with Gasteiger partial charge >= 0.3 is 5.97 Å². The van der Waals surface area contributed by atoms with Crippen LogP contribution in [0.15, 0.2) is 0 Å². The predicted octanol–water partition coefficient (Wildman–Crippen LogP) is 1.60. The minimum atomic E-state index is -0.575. The molecule has 0 aromatic rings. The van der Waals surface area contributed by atoms with Gasteiger partial charge in [-0.3, -0.25) is 9.59 Å². The first-order valence-corrected chi connectivity index (χ1v) is 7.24. The van der Waals surface area contributed by atoms with Crippen LogP contribution in [0.5, 0.6) is 0 Å². The quantitative estimate of drug-likeness (QED) is 0.567. The molecule has 0 aromatic carbocycles. The van der Waals surface area contributed by atoms with Gasteiger partial charge in [0.05, 0.1) is 6.04 Å². The van der Waals surface area contributed by atoms with E-state index in [9.17, 15) is 9.59 Å². The highest BCUT2D eigenvalue weighted by Crippen LogP contribution is 2.17. The van der Waals surface area contributed by atoms with Crippen LogP contribution in [0.2, 0.25) is 0 Å². The fraction of sp³-hybridized carbons (Fsp3) is 0.846. The number of rotatable bonds is 7. The summed E-state index contributed by atoms with van der Waals surface area (Å²) in [5.41, 5.74) is 5.23. The maximum absolute atomic E-state index is 11.8. The van der Waals surface area contributed by atoms with E-state index in [-0.39, 0.29) is 18.3 Å². The molecule has 0 fully saturated rings. The van der Waals surface area contributed by atoms with Crippen molar-refractivity contribution in [1.82, 2.24) is 4.31 Å². The normalized spacial score (nSPS) is 13.7. The molecule has 0 spiro atoms. The van der Waals surface area contributed by atoms with E-state index >= 15 is 0 Å². The lowest BCUT2D eigenvalue weighted by Crippen LogP contribution is -2.42. The molecule has 5 nitrogen and oxygen atoms in total. The summed E-state index contributed by atoms with van der Waals surface area (Å²) in [6, 6.07) is -0.575. The molecule has 0 aliphatic rings. The maximum Gasteiger partial charge on any atom is 0.321 e. The lowest BCUT2D eigenvalue weighted by atomic mass is 10.2. The van der Waals surface area contributed by atoms with Gasteiger partial charge in [0.25, 0.3) is 0 Å². The van der Waals surface area contributed by atoms with Crippen LogP contribution in [0.4, 0.5) is 0 Å². The number of esters is 1. The van der Waals surface area contributed by atoms with Gasteiger partial charge in [0.2, 0.25) is 0 Å². The molecule has 0 aromatic heterocycles. The Hall–Kier alpha value is -0.590. The molecule has 0 amide bonds. The zero-order chi connectivity index (χ0) is 15.2. The van der Waals surface area contributed by atoms with Crippen molar-refractivity contribution in [3.05, 3.63) is 0 Å². The Bertz CT molecular complexity index is 314. The number of carbonyl (C=O) groups is 2. The van der Waals surface area contributed by atoms with Gasteiger partial charge in [-0.15, -0.1) is 0 Å². The Morgan fingerprint density at radius 3 is 2.21 bits per heavy atom. The zero-order valence-electron chi connectivity index (χ0n) is 12.7. The van der Waals surface area contributed by atoms with Crippen molar-refractivity contribution in [2.45, 2.75) is 58.4 Å². The summed E-state index contributed by atoms with van der Waals surface area (Å²) in [4.78, 5) is 23.0. The molecule has 0 radical (unpaired) electrons. The highest BCUT2D eigenvalue weighted by atomic mass is 32.2. The van der Waals surface area contributed by atoms with Gasteiger partial charge < -0.3 is 10.5 Å². The van der Waals surface area contributed by atoms with Crippen molar-refractivity contribution in [3.63, 3.8) is 0 Å². The second kappa shape index (κ2) is 7.87. The van der Waals surface area contributed by atoms with Gasteiger partial charge in [-0.2, -0.15) is 0 Å². The van der Waals surface area contributed by atoms with Gasteiger partial charge in [0.1, 0.15) is 17.9 Å². The Morgan fingerprint density at radius 2 is 1.84 bits per heavy atom. The van der Waals surface area contributed by atoms with Crippen LogP contribution in [0.3, 0.4) is 0 Å². The second-order valence-corrected chi connectivity index (χ2v) is 7.45. The summed E-state index contributed by atoms with van der Waals surface area (Å²) in [6.07, 6.45) is 0. The highest BCUT2D eigenvalue weighted by Gasteiger charge is 2.22. The largest absolute Gasteiger partial charge is 0.459 e. The van der Waals surface area contributed by atoms with E-state index in [2.05, 4.69) is 0 Å². The molecular weight excluding hydrogens is 264 g/mol. The molecule has 112 valence electrons. The van der Waals surface area contributed by atoms with Crippen molar-refractivity contribution in [2.24, 2.45) is 5.73 Å².